The van der Waals surface area contributed by atoms with E-state index in [9.17, 15) is 9.90 Å². The van der Waals surface area contributed by atoms with Crippen LogP contribution in [0.3, 0.4) is 0 Å². The molecule has 158 valence electrons. The second-order valence-corrected chi connectivity index (χ2v) is 8.54. The van der Waals surface area contributed by atoms with Gasteiger partial charge >= 0.3 is 0 Å². The zero-order valence-electron chi connectivity index (χ0n) is 16.9. The normalized spacial score (nSPS) is 17.2. The van der Waals surface area contributed by atoms with Crippen LogP contribution in [-0.2, 0) is 4.74 Å². The molecule has 1 aromatic carbocycles. The van der Waals surface area contributed by atoms with Crippen LogP contribution in [0.2, 0.25) is 5.02 Å². The fraction of sp³-hybridized carbons (Fsp3) is 0.524. The van der Waals surface area contributed by atoms with Crippen LogP contribution in [0.15, 0.2) is 35.3 Å². The largest absolute Gasteiger partial charge is 0.493 e. The molecule has 0 radical (unpaired) electrons. The SMILES string of the molecule is CC(C)(CO)COc1ccc(-n2ncc(NC[C@@H]3CCCOC3)c(Cl)c2=O)cc1. The van der Waals surface area contributed by atoms with E-state index in [1.54, 1.807) is 30.5 Å². The molecule has 2 N–H and O–H groups in total. The van der Waals surface area contributed by atoms with Crippen LogP contribution in [0.25, 0.3) is 5.69 Å². The van der Waals surface area contributed by atoms with Crippen LogP contribution in [0.5, 0.6) is 5.75 Å². The molecule has 1 aliphatic rings. The van der Waals surface area contributed by atoms with E-state index < -0.39 is 0 Å². The molecule has 2 heterocycles. The first-order valence-corrected chi connectivity index (χ1v) is 10.2. The molecule has 7 nitrogen and oxygen atoms in total. The van der Waals surface area contributed by atoms with Crippen LogP contribution in [0.4, 0.5) is 5.69 Å². The molecule has 1 atom stereocenters. The Kier molecular flexibility index (Phi) is 7.16. The first-order chi connectivity index (χ1) is 13.9. The highest BCUT2D eigenvalue weighted by atomic mass is 35.5. The molecule has 2 aromatic rings. The summed E-state index contributed by atoms with van der Waals surface area (Å²) in [5.41, 5.74) is 0.422. The Morgan fingerprint density at radius 1 is 1.38 bits per heavy atom. The molecule has 1 aliphatic heterocycles. The summed E-state index contributed by atoms with van der Waals surface area (Å²) in [6.07, 6.45) is 3.72. The number of ether oxygens (including phenoxy) is 2. The summed E-state index contributed by atoms with van der Waals surface area (Å²) < 4.78 is 12.4. The summed E-state index contributed by atoms with van der Waals surface area (Å²) in [6.45, 7) is 6.50. The van der Waals surface area contributed by atoms with Crippen molar-refractivity contribution in [3.05, 3.63) is 45.8 Å². The number of nitrogens with zero attached hydrogens (tertiary/aromatic N) is 2. The van der Waals surface area contributed by atoms with E-state index in [4.69, 9.17) is 21.1 Å². The lowest BCUT2D eigenvalue weighted by Crippen LogP contribution is -2.27. The Morgan fingerprint density at radius 3 is 2.79 bits per heavy atom. The number of anilines is 1. The van der Waals surface area contributed by atoms with Gasteiger partial charge in [-0.15, -0.1) is 0 Å². The first kappa shape index (κ1) is 21.6. The smallest absolute Gasteiger partial charge is 0.292 e. The zero-order valence-corrected chi connectivity index (χ0v) is 17.6. The number of rotatable bonds is 8. The number of hydrogen-bond donors (Lipinski definition) is 2. The molecule has 29 heavy (non-hydrogen) atoms. The summed E-state index contributed by atoms with van der Waals surface area (Å²) >= 11 is 6.30. The van der Waals surface area contributed by atoms with Crippen LogP contribution < -0.4 is 15.6 Å². The highest BCUT2D eigenvalue weighted by Gasteiger charge is 2.18. The molecular formula is C21H28ClN3O4. The molecule has 0 unspecified atom stereocenters. The van der Waals surface area contributed by atoms with Crippen molar-refractivity contribution in [2.75, 3.05) is 38.3 Å². The lowest BCUT2D eigenvalue weighted by atomic mass is 9.97. The quantitative estimate of drug-likeness (QED) is 0.681. The van der Waals surface area contributed by atoms with Crippen molar-refractivity contribution in [1.82, 2.24) is 9.78 Å². The van der Waals surface area contributed by atoms with E-state index in [1.165, 1.54) is 4.68 Å². The lowest BCUT2D eigenvalue weighted by Gasteiger charge is -2.22. The Bertz CT molecular complexity index is 861. The Morgan fingerprint density at radius 2 is 2.14 bits per heavy atom. The average Bonchev–Trinajstić information content (AvgIpc) is 2.75. The number of benzene rings is 1. The van der Waals surface area contributed by atoms with Gasteiger partial charge in [-0.3, -0.25) is 4.79 Å². The van der Waals surface area contributed by atoms with E-state index in [1.807, 2.05) is 13.8 Å². The van der Waals surface area contributed by atoms with E-state index in [0.29, 0.717) is 36.2 Å². The van der Waals surface area contributed by atoms with Crippen molar-refractivity contribution < 1.29 is 14.6 Å². The first-order valence-electron chi connectivity index (χ1n) is 9.83. The molecule has 1 saturated heterocycles. The molecule has 0 saturated carbocycles. The summed E-state index contributed by atoms with van der Waals surface area (Å²) in [6, 6.07) is 7.02. The topological polar surface area (TPSA) is 85.6 Å². The van der Waals surface area contributed by atoms with Crippen molar-refractivity contribution in [3.8, 4) is 11.4 Å². The predicted octanol–water partition coefficient (Wildman–Crippen LogP) is 3.12. The van der Waals surface area contributed by atoms with Gasteiger partial charge in [-0.05, 0) is 43.0 Å². The lowest BCUT2D eigenvalue weighted by molar-refractivity contribution is 0.0595. The van der Waals surface area contributed by atoms with Gasteiger partial charge in [0.1, 0.15) is 10.8 Å². The van der Waals surface area contributed by atoms with Crippen LogP contribution in [-0.4, -0.2) is 47.9 Å². The Labute approximate surface area is 175 Å². The van der Waals surface area contributed by atoms with Crippen molar-refractivity contribution in [2.24, 2.45) is 11.3 Å². The predicted molar refractivity (Wildman–Crippen MR) is 113 cm³/mol. The van der Waals surface area contributed by atoms with Crippen LogP contribution in [0.1, 0.15) is 26.7 Å². The molecule has 0 amide bonds. The van der Waals surface area contributed by atoms with Gasteiger partial charge in [-0.1, -0.05) is 25.4 Å². The monoisotopic (exact) mass is 421 g/mol. The molecule has 3 rings (SSSR count). The number of hydrogen-bond acceptors (Lipinski definition) is 6. The third-order valence-electron chi connectivity index (χ3n) is 4.89. The van der Waals surface area contributed by atoms with Crippen molar-refractivity contribution in [1.29, 1.82) is 0 Å². The molecule has 1 aromatic heterocycles. The number of aliphatic hydroxyl groups excluding tert-OH is 1. The molecular weight excluding hydrogens is 394 g/mol. The minimum atomic E-state index is -0.383. The molecule has 1 fully saturated rings. The summed E-state index contributed by atoms with van der Waals surface area (Å²) in [7, 11) is 0. The third-order valence-corrected chi connectivity index (χ3v) is 5.26. The van der Waals surface area contributed by atoms with Gasteiger partial charge in [-0.25, -0.2) is 0 Å². The molecule has 0 spiro atoms. The van der Waals surface area contributed by atoms with E-state index >= 15 is 0 Å². The van der Waals surface area contributed by atoms with Gasteiger partial charge in [0.25, 0.3) is 5.56 Å². The van der Waals surface area contributed by atoms with Crippen LogP contribution in [0, 0.1) is 11.3 Å². The van der Waals surface area contributed by atoms with E-state index in [2.05, 4.69) is 10.4 Å². The fourth-order valence-electron chi connectivity index (χ4n) is 2.97. The fourth-order valence-corrected chi connectivity index (χ4v) is 3.17. The van der Waals surface area contributed by atoms with E-state index in [0.717, 1.165) is 26.1 Å². The maximum atomic E-state index is 12.7. The van der Waals surface area contributed by atoms with Crippen molar-refractivity contribution in [2.45, 2.75) is 26.7 Å². The number of aliphatic hydroxyl groups is 1. The molecule has 0 bridgehead atoms. The maximum Gasteiger partial charge on any atom is 0.292 e. The van der Waals surface area contributed by atoms with Gasteiger partial charge in [0.15, 0.2) is 0 Å². The van der Waals surface area contributed by atoms with Gasteiger partial charge in [0.05, 0.1) is 37.4 Å². The standard InChI is InChI=1S/C21H28ClN3O4/c1-21(2,13-26)14-29-17-7-5-16(6-8-17)25-20(27)19(22)18(11-24-25)23-10-15-4-3-9-28-12-15/h5-8,11,15,23,26H,3-4,9-10,12-14H2,1-2H3/t15-/m0/s1. The van der Waals surface area contributed by atoms with Gasteiger partial charge in [-0.2, -0.15) is 9.78 Å². The highest BCUT2D eigenvalue weighted by molar-refractivity contribution is 6.32. The number of nitrogens with one attached hydrogen (secondary N) is 1. The Balaban J connectivity index is 1.67. The third kappa shape index (κ3) is 5.72. The Hall–Kier alpha value is -2.09. The summed E-state index contributed by atoms with van der Waals surface area (Å²) in [5, 5.41) is 16.9. The minimum absolute atomic E-state index is 0.0387. The highest BCUT2D eigenvalue weighted by Crippen LogP contribution is 2.21. The minimum Gasteiger partial charge on any atom is -0.493 e. The van der Waals surface area contributed by atoms with Crippen molar-refractivity contribution in [3.63, 3.8) is 0 Å². The summed E-state index contributed by atoms with van der Waals surface area (Å²) in [5.74, 6) is 1.06. The summed E-state index contributed by atoms with van der Waals surface area (Å²) in [4.78, 5) is 12.7. The van der Waals surface area contributed by atoms with E-state index in [-0.39, 0.29) is 22.6 Å². The number of aromatic nitrogens is 2. The second-order valence-electron chi connectivity index (χ2n) is 8.16. The number of halogens is 1. The molecule has 8 heteroatoms. The second kappa shape index (κ2) is 9.61. The maximum absolute atomic E-state index is 12.7. The van der Waals surface area contributed by atoms with Crippen molar-refractivity contribution >= 4 is 17.3 Å². The average molecular weight is 422 g/mol. The zero-order chi connectivity index (χ0) is 20.9. The van der Waals surface area contributed by atoms with Gasteiger partial charge in [0.2, 0.25) is 0 Å². The van der Waals surface area contributed by atoms with Gasteiger partial charge in [0, 0.05) is 18.6 Å². The van der Waals surface area contributed by atoms with Crippen LogP contribution >= 0.6 is 11.6 Å². The molecule has 0 aliphatic carbocycles. The van der Waals surface area contributed by atoms with Gasteiger partial charge < -0.3 is 19.9 Å².